The van der Waals surface area contributed by atoms with Crippen LogP contribution >= 0.6 is 0 Å². The molecule has 3 heterocycles. The van der Waals surface area contributed by atoms with Gasteiger partial charge in [0.1, 0.15) is 5.82 Å². The molecular weight excluding hydrogens is 320 g/mol. The van der Waals surface area contributed by atoms with Crippen LogP contribution < -0.4 is 5.32 Å². The van der Waals surface area contributed by atoms with E-state index in [4.69, 9.17) is 9.97 Å². The minimum atomic E-state index is 0.492. The van der Waals surface area contributed by atoms with E-state index in [1.807, 2.05) is 0 Å². The molecule has 2 aliphatic rings. The van der Waals surface area contributed by atoms with Gasteiger partial charge >= 0.3 is 0 Å². The van der Waals surface area contributed by atoms with Crippen LogP contribution in [0, 0.1) is 0 Å². The second-order valence-electron chi connectivity index (χ2n) is 8.10. The summed E-state index contributed by atoms with van der Waals surface area (Å²) in [5.41, 5.74) is 5.38. The second kappa shape index (κ2) is 7.85. The van der Waals surface area contributed by atoms with Crippen molar-refractivity contribution in [2.45, 2.75) is 58.0 Å². The van der Waals surface area contributed by atoms with Crippen LogP contribution in [0.25, 0.3) is 0 Å². The van der Waals surface area contributed by atoms with Crippen LogP contribution in [0.15, 0.2) is 30.5 Å². The van der Waals surface area contributed by atoms with Crippen molar-refractivity contribution in [2.75, 3.05) is 19.6 Å². The van der Waals surface area contributed by atoms with E-state index < -0.39 is 0 Å². The number of aromatic nitrogens is 2. The first kappa shape index (κ1) is 17.6. The van der Waals surface area contributed by atoms with E-state index in [0.29, 0.717) is 11.8 Å². The van der Waals surface area contributed by atoms with Gasteiger partial charge < -0.3 is 5.32 Å². The SMILES string of the molecule is CC(C)c1ccc(CN2CCc3nc([C@H]4CCCNC4)ncc3C2)cc1. The Labute approximate surface area is 157 Å². The quantitative estimate of drug-likeness (QED) is 0.914. The molecular formula is C22H30N4. The maximum absolute atomic E-state index is 4.93. The second-order valence-corrected chi connectivity index (χ2v) is 8.10. The summed E-state index contributed by atoms with van der Waals surface area (Å²) in [6.45, 7) is 9.70. The lowest BCUT2D eigenvalue weighted by Crippen LogP contribution is -2.32. The van der Waals surface area contributed by atoms with Gasteiger partial charge in [0.25, 0.3) is 0 Å². The normalized spacial score (nSPS) is 21.0. The fraction of sp³-hybridized carbons (Fsp3) is 0.545. The van der Waals surface area contributed by atoms with Crippen LogP contribution in [0.2, 0.25) is 0 Å². The number of nitrogens with one attached hydrogen (secondary N) is 1. The van der Waals surface area contributed by atoms with E-state index in [9.17, 15) is 0 Å². The fourth-order valence-corrected chi connectivity index (χ4v) is 4.06. The molecule has 4 heteroatoms. The van der Waals surface area contributed by atoms with Crippen LogP contribution in [0.4, 0.5) is 0 Å². The van der Waals surface area contributed by atoms with Crippen molar-refractivity contribution in [3.63, 3.8) is 0 Å². The molecule has 1 aromatic carbocycles. The van der Waals surface area contributed by atoms with E-state index >= 15 is 0 Å². The standard InChI is InChI=1S/C22H30N4/c1-16(2)18-7-5-17(6-8-18)14-26-11-9-21-20(15-26)13-24-22(25-21)19-4-3-10-23-12-19/h5-8,13,16,19,23H,3-4,9-12,14-15H2,1-2H3/t19-/m0/s1. The lowest BCUT2D eigenvalue weighted by atomic mass is 9.98. The highest BCUT2D eigenvalue weighted by atomic mass is 15.1. The van der Waals surface area contributed by atoms with Crippen molar-refractivity contribution in [1.82, 2.24) is 20.2 Å². The number of hydrogen-bond acceptors (Lipinski definition) is 4. The lowest BCUT2D eigenvalue weighted by molar-refractivity contribution is 0.242. The topological polar surface area (TPSA) is 41.1 Å². The molecule has 0 radical (unpaired) electrons. The van der Waals surface area contributed by atoms with E-state index in [1.165, 1.54) is 35.2 Å². The van der Waals surface area contributed by atoms with Crippen LogP contribution in [-0.4, -0.2) is 34.5 Å². The van der Waals surface area contributed by atoms with Gasteiger partial charge in [-0.3, -0.25) is 4.90 Å². The van der Waals surface area contributed by atoms with Crippen LogP contribution in [0.5, 0.6) is 0 Å². The molecule has 1 aromatic heterocycles. The minimum Gasteiger partial charge on any atom is -0.316 e. The Morgan fingerprint density at radius 2 is 2.08 bits per heavy atom. The van der Waals surface area contributed by atoms with Gasteiger partial charge in [-0.25, -0.2) is 9.97 Å². The average molecular weight is 351 g/mol. The largest absolute Gasteiger partial charge is 0.316 e. The van der Waals surface area contributed by atoms with Gasteiger partial charge in [-0.05, 0) is 36.4 Å². The molecule has 1 atom stereocenters. The number of nitrogens with zero attached hydrogens (tertiary/aromatic N) is 3. The number of piperidine rings is 1. The summed E-state index contributed by atoms with van der Waals surface area (Å²) in [6.07, 6.45) is 5.56. The summed E-state index contributed by atoms with van der Waals surface area (Å²) in [5, 5.41) is 3.47. The summed E-state index contributed by atoms with van der Waals surface area (Å²) >= 11 is 0. The first-order chi connectivity index (χ1) is 12.7. The predicted octanol–water partition coefficient (Wildman–Crippen LogP) is 3.63. The Kier molecular flexibility index (Phi) is 5.32. The number of rotatable bonds is 4. The van der Waals surface area contributed by atoms with Crippen LogP contribution in [-0.2, 0) is 19.5 Å². The molecule has 0 unspecified atom stereocenters. The van der Waals surface area contributed by atoms with Crippen molar-refractivity contribution in [2.24, 2.45) is 0 Å². The molecule has 1 saturated heterocycles. The summed E-state index contributed by atoms with van der Waals surface area (Å²) in [4.78, 5) is 12.2. The maximum Gasteiger partial charge on any atom is 0.132 e. The zero-order valence-corrected chi connectivity index (χ0v) is 16.0. The third kappa shape index (κ3) is 3.97. The smallest absolute Gasteiger partial charge is 0.132 e. The molecule has 0 saturated carbocycles. The molecule has 0 bridgehead atoms. The van der Waals surface area contributed by atoms with Crippen molar-refractivity contribution < 1.29 is 0 Å². The first-order valence-corrected chi connectivity index (χ1v) is 10.1. The van der Waals surface area contributed by atoms with Gasteiger partial charge in [-0.1, -0.05) is 38.1 Å². The van der Waals surface area contributed by atoms with Gasteiger partial charge in [0, 0.05) is 56.0 Å². The molecule has 26 heavy (non-hydrogen) atoms. The van der Waals surface area contributed by atoms with Crippen molar-refractivity contribution in [3.8, 4) is 0 Å². The Morgan fingerprint density at radius 3 is 2.81 bits per heavy atom. The van der Waals surface area contributed by atoms with Gasteiger partial charge in [0.05, 0.1) is 0 Å². The third-order valence-corrected chi connectivity index (χ3v) is 5.75. The van der Waals surface area contributed by atoms with Crippen LogP contribution in [0.3, 0.4) is 0 Å². The first-order valence-electron chi connectivity index (χ1n) is 10.1. The monoisotopic (exact) mass is 350 g/mol. The summed E-state index contributed by atoms with van der Waals surface area (Å²) in [7, 11) is 0. The highest BCUT2D eigenvalue weighted by molar-refractivity contribution is 5.26. The highest BCUT2D eigenvalue weighted by Crippen LogP contribution is 2.24. The van der Waals surface area contributed by atoms with E-state index in [1.54, 1.807) is 0 Å². The van der Waals surface area contributed by atoms with E-state index in [-0.39, 0.29) is 0 Å². The zero-order chi connectivity index (χ0) is 17.9. The average Bonchev–Trinajstić information content (AvgIpc) is 2.69. The Morgan fingerprint density at radius 1 is 1.23 bits per heavy atom. The van der Waals surface area contributed by atoms with E-state index in [2.05, 4.69) is 54.5 Å². The Hall–Kier alpha value is -1.78. The van der Waals surface area contributed by atoms with Gasteiger partial charge in [0.15, 0.2) is 0 Å². The number of benzene rings is 1. The summed E-state index contributed by atoms with van der Waals surface area (Å²) in [5.74, 6) is 2.14. The molecule has 4 rings (SSSR count). The maximum atomic E-state index is 4.93. The molecule has 138 valence electrons. The number of fused-ring (bicyclic) bond motifs is 1. The van der Waals surface area contributed by atoms with Gasteiger partial charge in [-0.15, -0.1) is 0 Å². The zero-order valence-electron chi connectivity index (χ0n) is 16.0. The van der Waals surface area contributed by atoms with Gasteiger partial charge in [0.2, 0.25) is 0 Å². The van der Waals surface area contributed by atoms with Crippen molar-refractivity contribution in [3.05, 3.63) is 58.7 Å². The molecule has 0 aliphatic carbocycles. The minimum absolute atomic E-state index is 0.492. The fourth-order valence-electron chi connectivity index (χ4n) is 4.06. The lowest BCUT2D eigenvalue weighted by Gasteiger charge is -2.29. The molecule has 0 spiro atoms. The third-order valence-electron chi connectivity index (χ3n) is 5.75. The molecule has 2 aliphatic heterocycles. The molecule has 1 fully saturated rings. The Bertz CT molecular complexity index is 732. The molecule has 1 N–H and O–H groups in total. The summed E-state index contributed by atoms with van der Waals surface area (Å²) < 4.78 is 0. The predicted molar refractivity (Wildman–Crippen MR) is 105 cm³/mol. The Balaban J connectivity index is 1.41. The van der Waals surface area contributed by atoms with Gasteiger partial charge in [-0.2, -0.15) is 0 Å². The molecule has 0 amide bonds. The van der Waals surface area contributed by atoms with Crippen LogP contribution in [0.1, 0.15) is 66.7 Å². The van der Waals surface area contributed by atoms with Crippen molar-refractivity contribution >= 4 is 0 Å². The summed E-state index contributed by atoms with van der Waals surface area (Å²) in [6, 6.07) is 9.10. The highest BCUT2D eigenvalue weighted by Gasteiger charge is 2.22. The van der Waals surface area contributed by atoms with Crippen molar-refractivity contribution in [1.29, 1.82) is 0 Å². The molecule has 2 aromatic rings. The van der Waals surface area contributed by atoms with E-state index in [0.717, 1.165) is 45.0 Å². The number of hydrogen-bond donors (Lipinski definition) is 1. The molecule has 4 nitrogen and oxygen atoms in total.